The molecule has 1 aliphatic rings. The van der Waals surface area contributed by atoms with E-state index in [2.05, 4.69) is 41.2 Å². The van der Waals surface area contributed by atoms with Gasteiger partial charge in [-0.05, 0) is 31.2 Å². The highest BCUT2D eigenvalue weighted by molar-refractivity contribution is 5.95. The fourth-order valence-electron chi connectivity index (χ4n) is 3.04. The molecule has 2 rings (SSSR count). The van der Waals surface area contributed by atoms with Crippen LogP contribution in [-0.2, 0) is 6.42 Å². The Morgan fingerprint density at radius 3 is 3.10 bits per heavy atom. The Hall–Kier alpha value is -1.36. The molecule has 2 heterocycles. The normalized spacial score (nSPS) is 19.3. The van der Waals surface area contributed by atoms with Crippen molar-refractivity contribution in [3.63, 3.8) is 0 Å². The van der Waals surface area contributed by atoms with Crippen molar-refractivity contribution in [2.24, 2.45) is 11.8 Å². The Balaban J connectivity index is 1.78. The van der Waals surface area contributed by atoms with Crippen LogP contribution in [0.25, 0.3) is 0 Å². The number of hydrogen-bond acceptors (Lipinski definition) is 3. The van der Waals surface area contributed by atoms with Crippen LogP contribution in [0, 0.1) is 11.8 Å². The van der Waals surface area contributed by atoms with Crippen molar-refractivity contribution < 1.29 is 4.79 Å². The van der Waals surface area contributed by atoms with Crippen molar-refractivity contribution in [3.05, 3.63) is 17.5 Å². The first-order chi connectivity index (χ1) is 10.1. The number of rotatable bonds is 7. The summed E-state index contributed by atoms with van der Waals surface area (Å²) in [4.78, 5) is 14.7. The van der Waals surface area contributed by atoms with Crippen LogP contribution in [0.4, 0.5) is 0 Å². The zero-order chi connectivity index (χ0) is 15.2. The van der Waals surface area contributed by atoms with E-state index in [1.807, 2.05) is 0 Å². The molecule has 1 atom stereocenters. The van der Waals surface area contributed by atoms with Crippen LogP contribution in [0.5, 0.6) is 0 Å². The number of aromatic amines is 1. The van der Waals surface area contributed by atoms with E-state index >= 15 is 0 Å². The Bertz CT molecular complexity index is 455. The van der Waals surface area contributed by atoms with Gasteiger partial charge >= 0.3 is 0 Å². The van der Waals surface area contributed by atoms with Crippen molar-refractivity contribution in [1.82, 2.24) is 20.4 Å². The average molecular weight is 292 g/mol. The van der Waals surface area contributed by atoms with E-state index in [9.17, 15) is 4.79 Å². The van der Waals surface area contributed by atoms with Crippen molar-refractivity contribution >= 4 is 5.91 Å². The monoisotopic (exact) mass is 292 g/mol. The molecule has 0 aromatic carbocycles. The predicted molar refractivity (Wildman–Crippen MR) is 84.3 cm³/mol. The minimum atomic E-state index is 0.00881. The number of aromatic nitrogens is 2. The fraction of sp³-hybridized carbons (Fsp3) is 0.750. The first-order valence-electron chi connectivity index (χ1n) is 8.13. The van der Waals surface area contributed by atoms with E-state index in [4.69, 9.17) is 0 Å². The second-order valence-electron chi connectivity index (χ2n) is 6.53. The third-order valence-electron chi connectivity index (χ3n) is 4.01. The number of amides is 1. The van der Waals surface area contributed by atoms with E-state index in [1.54, 1.807) is 6.20 Å². The molecule has 0 saturated carbocycles. The average Bonchev–Trinajstić information content (AvgIpc) is 3.05. The summed E-state index contributed by atoms with van der Waals surface area (Å²) in [6.45, 7) is 10.8. The topological polar surface area (TPSA) is 61.0 Å². The fourth-order valence-corrected chi connectivity index (χ4v) is 3.04. The van der Waals surface area contributed by atoms with Gasteiger partial charge in [-0.1, -0.05) is 27.2 Å². The lowest BCUT2D eigenvalue weighted by molar-refractivity contribution is 0.0946. The molecule has 1 aliphatic heterocycles. The molecule has 1 saturated heterocycles. The third kappa shape index (κ3) is 4.56. The van der Waals surface area contributed by atoms with Gasteiger partial charge < -0.3 is 10.2 Å². The number of carbonyl (C=O) groups is 1. The highest BCUT2D eigenvalue weighted by atomic mass is 16.1. The zero-order valence-electron chi connectivity index (χ0n) is 13.5. The summed E-state index contributed by atoms with van der Waals surface area (Å²) in [5.74, 6) is 1.30. The molecular weight excluding hydrogens is 264 g/mol. The molecule has 5 heteroatoms. The smallest absolute Gasteiger partial charge is 0.254 e. The van der Waals surface area contributed by atoms with Gasteiger partial charge in [-0.15, -0.1) is 0 Å². The number of nitrogens with one attached hydrogen (secondary N) is 2. The molecule has 118 valence electrons. The molecule has 0 radical (unpaired) electrons. The molecule has 21 heavy (non-hydrogen) atoms. The molecule has 0 bridgehead atoms. The Morgan fingerprint density at radius 2 is 2.38 bits per heavy atom. The maximum Gasteiger partial charge on any atom is 0.254 e. The number of aryl methyl sites for hydroxylation is 1. The van der Waals surface area contributed by atoms with Crippen molar-refractivity contribution in [3.8, 4) is 0 Å². The first kappa shape index (κ1) is 16.0. The van der Waals surface area contributed by atoms with Gasteiger partial charge in [0.25, 0.3) is 5.91 Å². The maximum atomic E-state index is 12.2. The summed E-state index contributed by atoms with van der Waals surface area (Å²) in [6.07, 6.45) is 4.70. The van der Waals surface area contributed by atoms with Gasteiger partial charge in [0.2, 0.25) is 0 Å². The van der Waals surface area contributed by atoms with Gasteiger partial charge in [0.05, 0.1) is 11.8 Å². The Labute approximate surface area is 127 Å². The maximum absolute atomic E-state index is 12.2. The summed E-state index contributed by atoms with van der Waals surface area (Å²) in [7, 11) is 0. The first-order valence-corrected chi connectivity index (χ1v) is 8.13. The molecule has 0 aliphatic carbocycles. The minimum absolute atomic E-state index is 0.00881. The van der Waals surface area contributed by atoms with Crippen LogP contribution in [0.1, 0.15) is 49.7 Å². The SMILES string of the molecule is CCCc1[nH]ncc1C(=O)NCC1CCN(CC(C)C)C1. The van der Waals surface area contributed by atoms with Crippen LogP contribution < -0.4 is 5.32 Å². The van der Waals surface area contributed by atoms with E-state index in [1.165, 1.54) is 6.42 Å². The Kier molecular flexibility index (Phi) is 5.79. The molecule has 2 N–H and O–H groups in total. The number of likely N-dealkylation sites (tertiary alicyclic amines) is 1. The van der Waals surface area contributed by atoms with Crippen LogP contribution in [0.3, 0.4) is 0 Å². The number of hydrogen-bond donors (Lipinski definition) is 2. The molecule has 0 spiro atoms. The van der Waals surface area contributed by atoms with E-state index in [0.29, 0.717) is 17.4 Å². The third-order valence-corrected chi connectivity index (χ3v) is 4.01. The van der Waals surface area contributed by atoms with Gasteiger partial charge in [-0.3, -0.25) is 9.89 Å². The number of H-pyrrole nitrogens is 1. The van der Waals surface area contributed by atoms with E-state index in [0.717, 1.165) is 44.7 Å². The molecule has 1 unspecified atom stereocenters. The van der Waals surface area contributed by atoms with Gasteiger partial charge in [-0.25, -0.2) is 0 Å². The van der Waals surface area contributed by atoms with Gasteiger partial charge in [-0.2, -0.15) is 5.10 Å². The lowest BCUT2D eigenvalue weighted by Crippen LogP contribution is -2.32. The van der Waals surface area contributed by atoms with Crippen molar-refractivity contribution in [2.45, 2.75) is 40.0 Å². The Morgan fingerprint density at radius 1 is 1.57 bits per heavy atom. The quantitative estimate of drug-likeness (QED) is 0.809. The lowest BCUT2D eigenvalue weighted by atomic mass is 10.1. The largest absolute Gasteiger partial charge is 0.352 e. The molecule has 1 aromatic rings. The lowest BCUT2D eigenvalue weighted by Gasteiger charge is -2.18. The molecule has 5 nitrogen and oxygen atoms in total. The number of nitrogens with zero attached hydrogens (tertiary/aromatic N) is 2. The minimum Gasteiger partial charge on any atom is -0.352 e. The molecular formula is C16H28N4O. The van der Waals surface area contributed by atoms with Crippen LogP contribution in [0.15, 0.2) is 6.20 Å². The summed E-state index contributed by atoms with van der Waals surface area (Å²) >= 11 is 0. The van der Waals surface area contributed by atoms with Gasteiger partial charge in [0.1, 0.15) is 0 Å². The molecule has 1 fully saturated rings. The van der Waals surface area contributed by atoms with Crippen molar-refractivity contribution in [2.75, 3.05) is 26.2 Å². The second kappa shape index (κ2) is 7.59. The van der Waals surface area contributed by atoms with Crippen LogP contribution in [0.2, 0.25) is 0 Å². The van der Waals surface area contributed by atoms with Crippen molar-refractivity contribution in [1.29, 1.82) is 0 Å². The summed E-state index contributed by atoms with van der Waals surface area (Å²) in [5.41, 5.74) is 1.65. The summed E-state index contributed by atoms with van der Waals surface area (Å²) in [5, 5.41) is 9.99. The highest BCUT2D eigenvalue weighted by Gasteiger charge is 2.23. The molecule has 1 amide bonds. The summed E-state index contributed by atoms with van der Waals surface area (Å²) < 4.78 is 0. The molecule has 1 aromatic heterocycles. The van der Waals surface area contributed by atoms with Crippen LogP contribution in [-0.4, -0.2) is 47.2 Å². The van der Waals surface area contributed by atoms with Crippen LogP contribution >= 0.6 is 0 Å². The summed E-state index contributed by atoms with van der Waals surface area (Å²) in [6, 6.07) is 0. The second-order valence-corrected chi connectivity index (χ2v) is 6.53. The van der Waals surface area contributed by atoms with Gasteiger partial charge in [0, 0.05) is 25.3 Å². The van der Waals surface area contributed by atoms with E-state index in [-0.39, 0.29) is 5.91 Å². The van der Waals surface area contributed by atoms with E-state index < -0.39 is 0 Å². The standard InChI is InChI=1S/C16H28N4O/c1-4-5-15-14(9-18-19-15)16(21)17-8-13-6-7-20(11-13)10-12(2)3/h9,12-13H,4-8,10-11H2,1-3H3,(H,17,21)(H,18,19). The highest BCUT2D eigenvalue weighted by Crippen LogP contribution is 2.17. The number of carbonyl (C=O) groups excluding carboxylic acids is 1. The predicted octanol–water partition coefficient (Wildman–Crippen LogP) is 2.07. The zero-order valence-corrected chi connectivity index (χ0v) is 13.5. The van der Waals surface area contributed by atoms with Gasteiger partial charge in [0.15, 0.2) is 0 Å².